The zero-order valence-electron chi connectivity index (χ0n) is 33.0. The topological polar surface area (TPSA) is 3.24 Å². The molecule has 0 saturated heterocycles. The van der Waals surface area contributed by atoms with Gasteiger partial charge in [-0.3, -0.25) is 0 Å². The van der Waals surface area contributed by atoms with Gasteiger partial charge in [0.1, 0.15) is 0 Å². The molecule has 0 saturated carbocycles. The molecule has 0 bridgehead atoms. The van der Waals surface area contributed by atoms with Gasteiger partial charge in [-0.05, 0) is 131 Å². The van der Waals surface area contributed by atoms with Crippen LogP contribution in [0.15, 0.2) is 237 Å². The summed E-state index contributed by atoms with van der Waals surface area (Å²) in [5.41, 5.74) is 20.6. The number of hydrogen-bond acceptors (Lipinski definition) is 1. The molecule has 1 atom stereocenters. The second-order valence-corrected chi connectivity index (χ2v) is 16.0. The average molecular weight is 762 g/mol. The molecular weight excluding hydrogens is 723 g/mol. The fraction of sp³-hybridized carbons (Fsp3) is 0.0169. The number of hydrogen-bond donors (Lipinski definition) is 0. The predicted octanol–water partition coefficient (Wildman–Crippen LogP) is 15.7. The van der Waals surface area contributed by atoms with Crippen molar-refractivity contribution >= 4 is 27.8 Å². The van der Waals surface area contributed by atoms with Crippen molar-refractivity contribution in [3.63, 3.8) is 0 Å². The summed E-state index contributed by atoms with van der Waals surface area (Å²) in [5, 5.41) is 2.56. The van der Waals surface area contributed by atoms with Gasteiger partial charge in [0.05, 0.1) is 5.41 Å². The fourth-order valence-electron chi connectivity index (χ4n) is 10.2. The molecule has 0 amide bonds. The van der Waals surface area contributed by atoms with Gasteiger partial charge in [-0.1, -0.05) is 194 Å². The van der Waals surface area contributed by atoms with Crippen LogP contribution < -0.4 is 4.90 Å². The van der Waals surface area contributed by atoms with E-state index in [-0.39, 0.29) is 0 Å². The van der Waals surface area contributed by atoms with E-state index >= 15 is 0 Å². The number of anilines is 3. The number of benzene rings is 10. The van der Waals surface area contributed by atoms with Crippen LogP contribution in [0.1, 0.15) is 22.3 Å². The molecule has 0 N–H and O–H groups in total. The predicted molar refractivity (Wildman–Crippen MR) is 251 cm³/mol. The molecule has 1 spiro atoms. The molecule has 2 aliphatic carbocycles. The smallest absolute Gasteiger partial charge is 0.0726 e. The maximum atomic E-state index is 2.49. The van der Waals surface area contributed by atoms with Crippen molar-refractivity contribution in [2.45, 2.75) is 5.41 Å². The molecule has 10 aromatic rings. The minimum atomic E-state index is -0.526. The third-order valence-corrected chi connectivity index (χ3v) is 12.9. The first-order valence-electron chi connectivity index (χ1n) is 20.8. The largest absolute Gasteiger partial charge is 0.310 e. The van der Waals surface area contributed by atoms with Crippen molar-refractivity contribution in [2.75, 3.05) is 4.90 Å². The van der Waals surface area contributed by atoms with E-state index in [9.17, 15) is 0 Å². The Balaban J connectivity index is 1.11. The zero-order chi connectivity index (χ0) is 39.6. The molecule has 0 fully saturated rings. The van der Waals surface area contributed by atoms with E-state index in [0.29, 0.717) is 0 Å². The van der Waals surface area contributed by atoms with E-state index in [1.165, 1.54) is 88.7 Å². The van der Waals surface area contributed by atoms with Gasteiger partial charge in [-0.15, -0.1) is 0 Å². The maximum absolute atomic E-state index is 2.49. The molecule has 280 valence electrons. The Morgan fingerprint density at radius 1 is 0.267 bits per heavy atom. The molecule has 0 radical (unpaired) electrons. The molecule has 1 unspecified atom stereocenters. The number of rotatable bonds is 6. The molecule has 1 heteroatoms. The molecule has 0 aliphatic heterocycles. The summed E-state index contributed by atoms with van der Waals surface area (Å²) in [6.45, 7) is 0. The minimum Gasteiger partial charge on any atom is -0.310 e. The zero-order valence-corrected chi connectivity index (χ0v) is 33.0. The SMILES string of the molecule is c1ccc(-c2ccc(N(c3ccc(-c4ccccc4)cc3)c3ccc4c(c3)C3(c5cc(-c6ccccc6)ccc5-4)c4ccccc4-c4c3ccc3ccccc43)cc2)cc1. The monoisotopic (exact) mass is 761 g/mol. The Morgan fingerprint density at radius 2 is 0.733 bits per heavy atom. The first-order chi connectivity index (χ1) is 29.8. The first-order valence-corrected chi connectivity index (χ1v) is 20.8. The molecule has 12 rings (SSSR count). The maximum Gasteiger partial charge on any atom is 0.0726 e. The van der Waals surface area contributed by atoms with Gasteiger partial charge in [-0.25, -0.2) is 0 Å². The molecule has 60 heavy (non-hydrogen) atoms. The summed E-state index contributed by atoms with van der Waals surface area (Å²) in [5.74, 6) is 0. The van der Waals surface area contributed by atoms with Crippen LogP contribution in [0.25, 0.3) is 66.4 Å². The van der Waals surface area contributed by atoms with E-state index in [1.54, 1.807) is 0 Å². The van der Waals surface area contributed by atoms with Crippen molar-refractivity contribution < 1.29 is 0 Å². The lowest BCUT2D eigenvalue weighted by atomic mass is 9.70. The van der Waals surface area contributed by atoms with Gasteiger partial charge >= 0.3 is 0 Å². The highest BCUT2D eigenvalue weighted by Crippen LogP contribution is 2.64. The lowest BCUT2D eigenvalue weighted by molar-refractivity contribution is 0.794. The fourth-order valence-corrected chi connectivity index (χ4v) is 10.2. The Morgan fingerprint density at radius 3 is 1.37 bits per heavy atom. The van der Waals surface area contributed by atoms with Gasteiger partial charge in [-0.2, -0.15) is 0 Å². The van der Waals surface area contributed by atoms with Crippen LogP contribution in [0, 0.1) is 0 Å². The number of fused-ring (bicyclic) bond motifs is 12. The van der Waals surface area contributed by atoms with Crippen LogP contribution in [-0.4, -0.2) is 0 Å². The Kier molecular flexibility index (Phi) is 7.83. The Labute approximate surface area is 351 Å². The molecule has 2 aliphatic rings. The van der Waals surface area contributed by atoms with Crippen LogP contribution in [0.3, 0.4) is 0 Å². The van der Waals surface area contributed by atoms with Crippen LogP contribution >= 0.6 is 0 Å². The Hall–Kier alpha value is -7.74. The van der Waals surface area contributed by atoms with Crippen molar-refractivity contribution in [1.29, 1.82) is 0 Å². The summed E-state index contributed by atoms with van der Waals surface area (Å²) < 4.78 is 0. The highest BCUT2D eigenvalue weighted by atomic mass is 15.1. The molecule has 10 aromatic carbocycles. The van der Waals surface area contributed by atoms with Crippen LogP contribution in [0.5, 0.6) is 0 Å². The van der Waals surface area contributed by atoms with Crippen molar-refractivity contribution in [2.24, 2.45) is 0 Å². The van der Waals surface area contributed by atoms with Gasteiger partial charge < -0.3 is 4.90 Å². The molecule has 1 nitrogen and oxygen atoms in total. The average Bonchev–Trinajstić information content (AvgIpc) is 3.80. The van der Waals surface area contributed by atoms with Crippen LogP contribution in [0.2, 0.25) is 0 Å². The van der Waals surface area contributed by atoms with Crippen molar-refractivity contribution in [3.8, 4) is 55.6 Å². The molecule has 0 aromatic heterocycles. The molecular formula is C59H39N. The van der Waals surface area contributed by atoms with Gasteiger partial charge in [0.15, 0.2) is 0 Å². The minimum absolute atomic E-state index is 0.526. The second kappa shape index (κ2) is 13.7. The van der Waals surface area contributed by atoms with Gasteiger partial charge in [0.25, 0.3) is 0 Å². The van der Waals surface area contributed by atoms with Gasteiger partial charge in [0.2, 0.25) is 0 Å². The third-order valence-electron chi connectivity index (χ3n) is 12.9. The van der Waals surface area contributed by atoms with Gasteiger partial charge in [0, 0.05) is 17.1 Å². The summed E-state index contributed by atoms with van der Waals surface area (Å²) in [7, 11) is 0. The third kappa shape index (κ3) is 5.19. The standard InChI is InChI=1S/C59H39N/c1-4-14-40(15-5-1)43-24-30-47(31-25-43)60(48-32-26-44(27-33-48)41-16-6-2-7-17-41)49-34-36-52-51-35-28-46(42-18-8-3-9-19-42)38-56(51)59(57(52)39-49)54-23-13-12-22-53(54)58-50-21-11-10-20-45(50)29-37-55(58)59/h1-39H. The normalized spacial score (nSPS) is 14.4. The van der Waals surface area contributed by atoms with Crippen molar-refractivity contribution in [3.05, 3.63) is 259 Å². The Bertz CT molecular complexity index is 3140. The van der Waals surface area contributed by atoms with E-state index in [4.69, 9.17) is 0 Å². The first kappa shape index (κ1) is 34.3. The summed E-state index contributed by atoms with van der Waals surface area (Å²) in [6.07, 6.45) is 0. The lowest BCUT2D eigenvalue weighted by Crippen LogP contribution is -2.26. The summed E-state index contributed by atoms with van der Waals surface area (Å²) >= 11 is 0. The van der Waals surface area contributed by atoms with Crippen LogP contribution in [0.4, 0.5) is 17.1 Å². The highest BCUT2D eigenvalue weighted by molar-refractivity contribution is 6.06. The molecule has 0 heterocycles. The quantitative estimate of drug-likeness (QED) is 0.163. The second-order valence-electron chi connectivity index (χ2n) is 16.0. The van der Waals surface area contributed by atoms with Crippen LogP contribution in [-0.2, 0) is 5.41 Å². The number of nitrogens with zero attached hydrogens (tertiary/aromatic N) is 1. The highest BCUT2D eigenvalue weighted by Gasteiger charge is 2.52. The van der Waals surface area contributed by atoms with Crippen molar-refractivity contribution in [1.82, 2.24) is 0 Å². The van der Waals surface area contributed by atoms with E-state index in [2.05, 4.69) is 241 Å². The van der Waals surface area contributed by atoms with E-state index < -0.39 is 5.41 Å². The summed E-state index contributed by atoms with van der Waals surface area (Å²) in [4.78, 5) is 2.43. The van der Waals surface area contributed by atoms with E-state index in [1.807, 2.05) is 0 Å². The van der Waals surface area contributed by atoms with E-state index in [0.717, 1.165) is 17.1 Å². The summed E-state index contributed by atoms with van der Waals surface area (Å²) in [6, 6.07) is 87.3. The lowest BCUT2D eigenvalue weighted by Gasteiger charge is -2.32.